The van der Waals surface area contributed by atoms with E-state index in [1.165, 1.54) is 18.3 Å². The molecule has 0 aliphatic carbocycles. The molecule has 1 aliphatic rings. The largest absolute Gasteiger partial charge is 0.343 e. The van der Waals surface area contributed by atoms with Crippen LogP contribution in [0.1, 0.15) is 37.0 Å². The van der Waals surface area contributed by atoms with Gasteiger partial charge in [-0.3, -0.25) is 9.59 Å². The van der Waals surface area contributed by atoms with E-state index in [1.807, 2.05) is 17.8 Å². The van der Waals surface area contributed by atoms with E-state index in [-0.39, 0.29) is 28.9 Å². The van der Waals surface area contributed by atoms with Crippen molar-refractivity contribution in [2.24, 2.45) is 12.0 Å². The summed E-state index contributed by atoms with van der Waals surface area (Å²) >= 11 is 7.50. The van der Waals surface area contributed by atoms with Gasteiger partial charge in [-0.15, -0.1) is 11.3 Å². The number of sulfone groups is 1. The van der Waals surface area contributed by atoms with E-state index >= 15 is 0 Å². The van der Waals surface area contributed by atoms with Crippen molar-refractivity contribution < 1.29 is 18.0 Å². The third kappa shape index (κ3) is 5.59. The molecule has 2 heterocycles. The van der Waals surface area contributed by atoms with Gasteiger partial charge in [-0.2, -0.15) is 4.99 Å². The zero-order valence-corrected chi connectivity index (χ0v) is 21.4. The fourth-order valence-electron chi connectivity index (χ4n) is 4.17. The van der Waals surface area contributed by atoms with Crippen LogP contribution < -0.4 is 4.80 Å². The number of carbonyl (C=O) groups excluding carboxylic acids is 2. The summed E-state index contributed by atoms with van der Waals surface area (Å²) in [4.78, 5) is 31.8. The van der Waals surface area contributed by atoms with Gasteiger partial charge in [0.2, 0.25) is 11.8 Å². The van der Waals surface area contributed by atoms with Gasteiger partial charge in [-0.1, -0.05) is 23.7 Å². The molecule has 0 radical (unpaired) electrons. The van der Waals surface area contributed by atoms with Crippen molar-refractivity contribution in [1.29, 1.82) is 0 Å². The van der Waals surface area contributed by atoms with E-state index in [9.17, 15) is 18.0 Å². The van der Waals surface area contributed by atoms with E-state index in [2.05, 4.69) is 4.99 Å². The maximum Gasteiger partial charge on any atom is 0.245 e. The number of aryl methyl sites for hydroxylation is 1. The average Bonchev–Trinajstić information content (AvgIpc) is 3.16. The first-order chi connectivity index (χ1) is 16.1. The van der Waals surface area contributed by atoms with Crippen molar-refractivity contribution in [3.8, 4) is 0 Å². The van der Waals surface area contributed by atoms with Gasteiger partial charge in [0, 0.05) is 49.6 Å². The summed E-state index contributed by atoms with van der Waals surface area (Å²) in [6, 6.07) is 10.2. The molecule has 7 nitrogen and oxygen atoms in total. The first kappa shape index (κ1) is 24.6. The molecular weight excluding hydrogens is 494 g/mol. The van der Waals surface area contributed by atoms with Gasteiger partial charge in [-0.25, -0.2) is 8.42 Å². The third-order valence-electron chi connectivity index (χ3n) is 6.05. The second-order valence-corrected chi connectivity index (χ2v) is 12.1. The Morgan fingerprint density at radius 2 is 1.79 bits per heavy atom. The lowest BCUT2D eigenvalue weighted by Crippen LogP contribution is -2.38. The second-order valence-electron chi connectivity index (χ2n) is 8.54. The molecule has 2 amide bonds. The number of carbonyl (C=O) groups is 2. The van der Waals surface area contributed by atoms with Crippen LogP contribution in [0.25, 0.3) is 10.8 Å². The lowest BCUT2D eigenvalue weighted by molar-refractivity contribution is -0.131. The van der Waals surface area contributed by atoms with Crippen molar-refractivity contribution >= 4 is 55.4 Å². The van der Waals surface area contributed by atoms with Gasteiger partial charge in [-0.05, 0) is 53.8 Å². The van der Waals surface area contributed by atoms with Crippen LogP contribution in [-0.2, 0) is 26.5 Å². The molecular formula is C24H26ClN3O4S2. The number of amides is 2. The highest BCUT2D eigenvalue weighted by Gasteiger charge is 2.26. The quantitative estimate of drug-likeness (QED) is 0.511. The summed E-state index contributed by atoms with van der Waals surface area (Å²) < 4.78 is 27.5. The highest BCUT2D eigenvalue weighted by Crippen LogP contribution is 2.30. The fraction of sp³-hybridized carbons (Fsp3) is 0.375. The van der Waals surface area contributed by atoms with Crippen LogP contribution in [0.2, 0.25) is 5.02 Å². The minimum Gasteiger partial charge on any atom is -0.343 e. The number of rotatable bonds is 5. The molecule has 0 bridgehead atoms. The number of nitrogens with zero attached hydrogens (tertiary/aromatic N) is 3. The van der Waals surface area contributed by atoms with Gasteiger partial charge >= 0.3 is 0 Å². The maximum absolute atomic E-state index is 12.8. The summed E-state index contributed by atoms with van der Waals surface area (Å²) in [5.74, 6) is -0.293. The molecule has 1 fully saturated rings. The van der Waals surface area contributed by atoms with Crippen LogP contribution in [0.15, 0.2) is 52.5 Å². The minimum atomic E-state index is -3.58. The molecule has 1 aromatic heterocycles. The van der Waals surface area contributed by atoms with Crippen molar-refractivity contribution in [2.75, 3.05) is 18.8 Å². The number of benzene rings is 2. The van der Waals surface area contributed by atoms with E-state index in [4.69, 9.17) is 11.6 Å². The van der Waals surface area contributed by atoms with Gasteiger partial charge in [0.1, 0.15) is 0 Å². The summed E-state index contributed by atoms with van der Waals surface area (Å²) in [5.41, 5.74) is 0. The lowest BCUT2D eigenvalue weighted by Gasteiger charge is -2.31. The molecule has 1 aliphatic heterocycles. The molecule has 2 aromatic carbocycles. The Morgan fingerprint density at radius 1 is 1.12 bits per heavy atom. The molecule has 0 atom stereocenters. The van der Waals surface area contributed by atoms with E-state index in [0.29, 0.717) is 28.8 Å². The van der Waals surface area contributed by atoms with Gasteiger partial charge < -0.3 is 9.47 Å². The molecule has 0 unspecified atom stereocenters. The zero-order valence-electron chi connectivity index (χ0n) is 19.0. The summed E-state index contributed by atoms with van der Waals surface area (Å²) in [7, 11) is -1.71. The highest BCUT2D eigenvalue weighted by atomic mass is 35.5. The Bertz CT molecular complexity index is 1420. The molecule has 0 spiro atoms. The third-order valence-corrected chi connectivity index (χ3v) is 9.24. The maximum atomic E-state index is 12.8. The number of likely N-dealkylation sites (tertiary alicyclic amines) is 1. The Balaban J connectivity index is 1.35. The Hall–Kier alpha value is -2.49. The van der Waals surface area contributed by atoms with Crippen LogP contribution in [0.3, 0.4) is 0 Å². The summed E-state index contributed by atoms with van der Waals surface area (Å²) in [6.07, 6.45) is 3.55. The Labute approximate surface area is 207 Å². The van der Waals surface area contributed by atoms with Gasteiger partial charge in [0.25, 0.3) is 0 Å². The van der Waals surface area contributed by atoms with Crippen molar-refractivity contribution in [3.05, 3.63) is 57.3 Å². The van der Waals surface area contributed by atoms with Crippen LogP contribution >= 0.6 is 22.9 Å². The van der Waals surface area contributed by atoms with Crippen LogP contribution in [0.5, 0.6) is 0 Å². The van der Waals surface area contributed by atoms with E-state index in [1.54, 1.807) is 41.3 Å². The molecule has 4 rings (SSSR count). The van der Waals surface area contributed by atoms with Crippen molar-refractivity contribution in [1.82, 2.24) is 9.47 Å². The van der Waals surface area contributed by atoms with Crippen LogP contribution in [-0.4, -0.2) is 48.5 Å². The number of hydrogen-bond acceptors (Lipinski definition) is 5. The molecule has 3 aromatic rings. The topological polar surface area (TPSA) is 88.8 Å². The molecule has 0 N–H and O–H groups in total. The Morgan fingerprint density at radius 3 is 2.50 bits per heavy atom. The number of thiazole rings is 1. The monoisotopic (exact) mass is 519 g/mol. The number of piperidine rings is 1. The standard InChI is InChI=1S/C24H26ClN3O4S2/c1-16(29)26-24-27(2)15-22(33-24)17-7-10-28(11-8-17)23(30)9-12-34(31,32)21-6-4-18-13-20(25)5-3-19(18)14-21/h3-6,13-15,17H,7-12H2,1-2H3. The molecule has 10 heteroatoms. The SMILES string of the molecule is CC(=O)N=c1sc(C2CCN(C(=O)CCS(=O)(=O)c3ccc4cc(Cl)ccc4c3)CC2)cn1C. The zero-order chi connectivity index (χ0) is 24.5. The Kier molecular flexibility index (Phi) is 7.25. The predicted octanol–water partition coefficient (Wildman–Crippen LogP) is 3.91. The van der Waals surface area contributed by atoms with Crippen molar-refractivity contribution in [3.63, 3.8) is 0 Å². The number of aromatic nitrogens is 1. The molecule has 0 saturated carbocycles. The lowest BCUT2D eigenvalue weighted by atomic mass is 9.95. The second kappa shape index (κ2) is 10.0. The number of halogens is 1. The number of fused-ring (bicyclic) bond motifs is 1. The van der Waals surface area contributed by atoms with Crippen molar-refractivity contribution in [2.45, 2.75) is 37.0 Å². The predicted molar refractivity (Wildman–Crippen MR) is 134 cm³/mol. The smallest absolute Gasteiger partial charge is 0.245 e. The van der Waals surface area contributed by atoms with E-state index in [0.717, 1.165) is 28.5 Å². The average molecular weight is 520 g/mol. The van der Waals surface area contributed by atoms with Crippen LogP contribution in [0.4, 0.5) is 0 Å². The molecule has 180 valence electrons. The first-order valence-corrected chi connectivity index (χ1v) is 13.9. The molecule has 1 saturated heterocycles. The number of hydrogen-bond donors (Lipinski definition) is 0. The fourth-order valence-corrected chi connectivity index (χ4v) is 6.81. The van der Waals surface area contributed by atoms with E-state index < -0.39 is 9.84 Å². The summed E-state index contributed by atoms with van der Waals surface area (Å²) in [5, 5.41) is 2.25. The van der Waals surface area contributed by atoms with Crippen LogP contribution in [0, 0.1) is 0 Å². The normalized spacial score (nSPS) is 15.7. The molecule has 34 heavy (non-hydrogen) atoms. The highest BCUT2D eigenvalue weighted by molar-refractivity contribution is 7.91. The first-order valence-electron chi connectivity index (χ1n) is 11.0. The van der Waals surface area contributed by atoms with Gasteiger partial charge in [0.15, 0.2) is 14.6 Å². The van der Waals surface area contributed by atoms with Gasteiger partial charge in [0.05, 0.1) is 10.6 Å². The minimum absolute atomic E-state index is 0.0404. The summed E-state index contributed by atoms with van der Waals surface area (Å²) in [6.45, 7) is 2.60.